The third kappa shape index (κ3) is 3.24. The van der Waals surface area contributed by atoms with Crippen LogP contribution in [0.25, 0.3) is 0 Å². The predicted octanol–water partition coefficient (Wildman–Crippen LogP) is 0.881. The Bertz CT molecular complexity index is 721. The van der Waals surface area contributed by atoms with Crippen LogP contribution in [0.5, 0.6) is 5.75 Å². The van der Waals surface area contributed by atoms with Gasteiger partial charge in [-0.3, -0.25) is 9.69 Å². The number of β-lactam (4-membered cyclic amide) rings is 1. The van der Waals surface area contributed by atoms with Crippen molar-refractivity contribution in [2.45, 2.75) is 18.0 Å². The van der Waals surface area contributed by atoms with Crippen LogP contribution < -0.4 is 10.5 Å². The first-order valence-corrected chi connectivity index (χ1v) is 8.83. The monoisotopic (exact) mass is 364 g/mol. The molecular weight excluding hydrogens is 344 g/mol. The van der Waals surface area contributed by atoms with Gasteiger partial charge in [-0.25, -0.2) is 4.79 Å². The van der Waals surface area contributed by atoms with E-state index in [1.165, 1.54) is 16.7 Å². The minimum atomic E-state index is -0.578. The summed E-state index contributed by atoms with van der Waals surface area (Å²) in [5.74, 6) is 0.397. The third-order valence-corrected chi connectivity index (χ3v) is 5.51. The van der Waals surface area contributed by atoms with Gasteiger partial charge in [0.25, 0.3) is 0 Å². The summed E-state index contributed by atoms with van der Waals surface area (Å²) in [6.07, 6.45) is 0. The molecule has 7 nitrogen and oxygen atoms in total. The summed E-state index contributed by atoms with van der Waals surface area (Å²) in [7, 11) is 3.11. The van der Waals surface area contributed by atoms with Gasteiger partial charge in [0.2, 0.25) is 5.91 Å². The number of benzene rings is 1. The smallest absolute Gasteiger partial charge is 0.355 e. The first-order chi connectivity index (χ1) is 12.1. The van der Waals surface area contributed by atoms with E-state index in [0.717, 1.165) is 11.1 Å². The quantitative estimate of drug-likeness (QED) is 0.592. The number of amides is 1. The van der Waals surface area contributed by atoms with Gasteiger partial charge in [-0.15, -0.1) is 11.8 Å². The van der Waals surface area contributed by atoms with Crippen LogP contribution in [0.4, 0.5) is 0 Å². The van der Waals surface area contributed by atoms with E-state index in [2.05, 4.69) is 0 Å². The summed E-state index contributed by atoms with van der Waals surface area (Å²) in [5, 5.41) is -0.220. The molecule has 1 unspecified atom stereocenters. The van der Waals surface area contributed by atoms with E-state index in [1.807, 2.05) is 18.2 Å². The highest BCUT2D eigenvalue weighted by molar-refractivity contribution is 8.00. The Labute approximate surface area is 150 Å². The highest BCUT2D eigenvalue weighted by Crippen LogP contribution is 2.39. The zero-order valence-corrected chi connectivity index (χ0v) is 14.9. The molecule has 0 radical (unpaired) electrons. The lowest BCUT2D eigenvalue weighted by molar-refractivity contribution is -0.151. The van der Waals surface area contributed by atoms with Crippen molar-refractivity contribution in [2.24, 2.45) is 5.73 Å². The normalized spacial score (nSPS) is 22.4. The van der Waals surface area contributed by atoms with Crippen LogP contribution in [-0.4, -0.2) is 54.8 Å². The molecule has 2 atom stereocenters. The minimum absolute atomic E-state index is 0.0541. The number of nitrogens with zero attached hydrogens (tertiary/aromatic N) is 1. The van der Waals surface area contributed by atoms with Gasteiger partial charge in [-0.1, -0.05) is 18.2 Å². The topological polar surface area (TPSA) is 91.1 Å². The maximum atomic E-state index is 12.7. The third-order valence-electron chi connectivity index (χ3n) is 4.15. The highest BCUT2D eigenvalue weighted by atomic mass is 32.2. The van der Waals surface area contributed by atoms with Crippen molar-refractivity contribution in [1.29, 1.82) is 0 Å². The molecule has 1 fully saturated rings. The number of rotatable bonds is 6. The van der Waals surface area contributed by atoms with Crippen LogP contribution in [0.3, 0.4) is 0 Å². The Hall–Kier alpha value is -2.03. The average Bonchev–Trinajstić information content (AvgIpc) is 2.65. The molecule has 3 rings (SSSR count). The molecule has 1 amide bonds. The Morgan fingerprint density at radius 3 is 2.80 bits per heavy atom. The number of hydrogen-bond acceptors (Lipinski definition) is 7. The van der Waals surface area contributed by atoms with Crippen molar-refractivity contribution < 1.29 is 23.8 Å². The Morgan fingerprint density at radius 2 is 2.08 bits per heavy atom. The van der Waals surface area contributed by atoms with Crippen molar-refractivity contribution in [3.8, 4) is 5.75 Å². The number of esters is 1. The second-order valence-corrected chi connectivity index (χ2v) is 6.81. The summed E-state index contributed by atoms with van der Waals surface area (Å²) in [6.45, 7) is 0.316. The Morgan fingerprint density at radius 1 is 1.32 bits per heavy atom. The van der Waals surface area contributed by atoms with Gasteiger partial charge in [-0.2, -0.15) is 0 Å². The number of fused-ring (bicyclic) bond motifs is 1. The molecule has 0 aromatic heterocycles. The lowest BCUT2D eigenvalue weighted by Gasteiger charge is -2.48. The van der Waals surface area contributed by atoms with E-state index in [0.29, 0.717) is 11.5 Å². The van der Waals surface area contributed by atoms with E-state index < -0.39 is 12.0 Å². The van der Waals surface area contributed by atoms with Crippen LogP contribution in [0.15, 0.2) is 35.5 Å². The Balaban J connectivity index is 1.79. The average molecular weight is 364 g/mol. The fourth-order valence-electron chi connectivity index (χ4n) is 2.89. The Kier molecular flexibility index (Phi) is 5.31. The molecule has 134 valence electrons. The first kappa shape index (κ1) is 17.8. The van der Waals surface area contributed by atoms with Crippen LogP contribution in [-0.2, 0) is 25.7 Å². The van der Waals surface area contributed by atoms with Gasteiger partial charge in [0.05, 0.1) is 13.7 Å². The van der Waals surface area contributed by atoms with Crippen molar-refractivity contribution in [2.75, 3.05) is 26.6 Å². The van der Waals surface area contributed by atoms with Gasteiger partial charge in [0.15, 0.2) is 0 Å². The van der Waals surface area contributed by atoms with Gasteiger partial charge in [0, 0.05) is 18.4 Å². The van der Waals surface area contributed by atoms with E-state index in [4.69, 9.17) is 19.9 Å². The number of nitrogens with two attached hydrogens (primary N) is 1. The minimum Gasteiger partial charge on any atom is -0.496 e. The van der Waals surface area contributed by atoms with Gasteiger partial charge < -0.3 is 19.9 Å². The summed E-state index contributed by atoms with van der Waals surface area (Å²) in [5.41, 5.74) is 7.56. The molecule has 2 N–H and O–H groups in total. The lowest BCUT2D eigenvalue weighted by Crippen LogP contribution is -2.68. The van der Waals surface area contributed by atoms with Crippen molar-refractivity contribution in [3.05, 3.63) is 41.1 Å². The largest absolute Gasteiger partial charge is 0.496 e. The highest BCUT2D eigenvalue weighted by Gasteiger charge is 2.52. The summed E-state index contributed by atoms with van der Waals surface area (Å²) < 4.78 is 15.9. The van der Waals surface area contributed by atoms with Gasteiger partial charge >= 0.3 is 5.97 Å². The van der Waals surface area contributed by atoms with Gasteiger partial charge in [0.1, 0.15) is 29.5 Å². The molecular formula is C17H20N2O5S. The number of carbonyl (C=O) groups is 2. The molecule has 2 aliphatic rings. The molecule has 1 aromatic rings. The molecule has 2 heterocycles. The summed E-state index contributed by atoms with van der Waals surface area (Å²) in [4.78, 5) is 26.2. The van der Waals surface area contributed by atoms with Crippen molar-refractivity contribution in [3.63, 3.8) is 0 Å². The number of para-hydroxylation sites is 1. The number of methoxy groups -OCH3 is 2. The number of hydrogen-bond donors (Lipinski definition) is 1. The molecule has 0 aliphatic carbocycles. The van der Waals surface area contributed by atoms with E-state index in [-0.39, 0.29) is 30.2 Å². The SMILES string of the molecule is COCC1=C(C(=O)OCc2ccccc2OC)N2C(=O)C(N)[C@H]2SC1. The van der Waals surface area contributed by atoms with Gasteiger partial charge in [-0.05, 0) is 11.6 Å². The second-order valence-electron chi connectivity index (χ2n) is 5.71. The number of carbonyl (C=O) groups excluding carboxylic acids is 2. The molecule has 25 heavy (non-hydrogen) atoms. The van der Waals surface area contributed by atoms with Crippen LogP contribution in [0.2, 0.25) is 0 Å². The maximum absolute atomic E-state index is 12.7. The molecule has 1 saturated heterocycles. The lowest BCUT2D eigenvalue weighted by atomic mass is 10.0. The molecule has 1 aromatic carbocycles. The standard InChI is InChI=1S/C17H20N2O5S/c1-22-7-11-9-25-16-13(18)15(20)19(16)14(11)17(21)24-8-10-5-3-4-6-12(10)23-2/h3-6,13,16H,7-9,18H2,1-2H3/t13?,16-/m1/s1. The fraction of sp³-hybridized carbons (Fsp3) is 0.412. The van der Waals surface area contributed by atoms with E-state index >= 15 is 0 Å². The second kappa shape index (κ2) is 7.47. The summed E-state index contributed by atoms with van der Waals surface area (Å²) in [6, 6.07) is 6.72. The molecule has 0 spiro atoms. The van der Waals surface area contributed by atoms with Crippen molar-refractivity contribution >= 4 is 23.6 Å². The zero-order chi connectivity index (χ0) is 18.0. The molecule has 0 bridgehead atoms. The molecule has 0 saturated carbocycles. The van der Waals surface area contributed by atoms with Crippen LogP contribution >= 0.6 is 11.8 Å². The number of thioether (sulfide) groups is 1. The first-order valence-electron chi connectivity index (χ1n) is 7.78. The predicted molar refractivity (Wildman–Crippen MR) is 92.8 cm³/mol. The molecule has 8 heteroatoms. The van der Waals surface area contributed by atoms with Crippen LogP contribution in [0, 0.1) is 0 Å². The van der Waals surface area contributed by atoms with E-state index in [9.17, 15) is 9.59 Å². The fourth-order valence-corrected chi connectivity index (χ4v) is 4.16. The van der Waals surface area contributed by atoms with Crippen LogP contribution in [0.1, 0.15) is 5.56 Å². The van der Waals surface area contributed by atoms with Crippen molar-refractivity contribution in [1.82, 2.24) is 4.90 Å². The number of ether oxygens (including phenoxy) is 3. The zero-order valence-electron chi connectivity index (χ0n) is 14.1. The van der Waals surface area contributed by atoms with E-state index in [1.54, 1.807) is 20.3 Å². The molecule has 2 aliphatic heterocycles. The maximum Gasteiger partial charge on any atom is 0.355 e. The summed E-state index contributed by atoms with van der Waals surface area (Å²) >= 11 is 1.53.